The molecule has 1 heterocycles. The van der Waals surface area contributed by atoms with E-state index >= 15 is 0 Å². The summed E-state index contributed by atoms with van der Waals surface area (Å²) in [6, 6.07) is -0.796. The molecule has 0 aromatic carbocycles. The van der Waals surface area contributed by atoms with Crippen molar-refractivity contribution in [3.63, 3.8) is 0 Å². The van der Waals surface area contributed by atoms with E-state index in [0.29, 0.717) is 0 Å². The Kier molecular flexibility index (Phi) is 14.1. The van der Waals surface area contributed by atoms with Crippen molar-refractivity contribution in [3.8, 4) is 0 Å². The molecule has 0 aromatic rings. The Morgan fingerprint density at radius 1 is 1.06 bits per heavy atom. The summed E-state index contributed by atoms with van der Waals surface area (Å²) < 4.78 is 10.7. The highest BCUT2D eigenvalue weighted by Crippen LogP contribution is 2.22. The van der Waals surface area contributed by atoms with Gasteiger partial charge in [-0.25, -0.2) is 0 Å². The first-order valence-corrected chi connectivity index (χ1v) is 11.4. The molecule has 0 aromatic heterocycles. The number of unbranched alkanes of at least 4 members (excludes halogenated alkanes) is 7. The number of carbonyl (C=O) groups excluding carboxylic acids is 1. The SMILES string of the molecule is CCCCCCCCC/C=C/C(O)C(COC1OC(CO)C(O)C(O)C1O)NC(C)=O. The van der Waals surface area contributed by atoms with Gasteiger partial charge in [0.2, 0.25) is 5.91 Å². The van der Waals surface area contributed by atoms with Crippen LogP contribution in [0.5, 0.6) is 0 Å². The average molecular weight is 448 g/mol. The van der Waals surface area contributed by atoms with Crippen LogP contribution in [0.25, 0.3) is 0 Å². The molecule has 1 amide bonds. The normalized spacial score (nSPS) is 28.5. The summed E-state index contributed by atoms with van der Waals surface area (Å²) in [4.78, 5) is 11.5. The van der Waals surface area contributed by atoms with E-state index in [1.165, 1.54) is 39.0 Å². The van der Waals surface area contributed by atoms with Gasteiger partial charge in [0.15, 0.2) is 6.29 Å². The fourth-order valence-electron chi connectivity index (χ4n) is 3.48. The smallest absolute Gasteiger partial charge is 0.217 e. The standard InChI is InChI=1S/C22H41NO8/c1-3-4-5-6-7-8-9-10-11-12-17(26)16(23-15(2)25)14-30-22-21(29)20(28)19(27)18(13-24)31-22/h11-12,16-22,24,26-29H,3-10,13-14H2,1-2H3,(H,23,25)/b12-11+. The lowest BCUT2D eigenvalue weighted by Gasteiger charge is -2.40. The molecule has 1 aliphatic rings. The van der Waals surface area contributed by atoms with E-state index in [-0.39, 0.29) is 12.5 Å². The number of carbonyl (C=O) groups is 1. The van der Waals surface area contributed by atoms with Crippen molar-refractivity contribution in [2.24, 2.45) is 0 Å². The predicted molar refractivity (Wildman–Crippen MR) is 115 cm³/mol. The second kappa shape index (κ2) is 15.7. The molecular weight excluding hydrogens is 406 g/mol. The van der Waals surface area contributed by atoms with Gasteiger partial charge in [0.1, 0.15) is 24.4 Å². The van der Waals surface area contributed by atoms with E-state index in [0.717, 1.165) is 19.3 Å². The lowest BCUT2D eigenvalue weighted by Crippen LogP contribution is -2.60. The van der Waals surface area contributed by atoms with Gasteiger partial charge >= 0.3 is 0 Å². The minimum Gasteiger partial charge on any atom is -0.394 e. The summed E-state index contributed by atoms with van der Waals surface area (Å²) in [6.45, 7) is 2.74. The van der Waals surface area contributed by atoms with Crippen LogP contribution >= 0.6 is 0 Å². The van der Waals surface area contributed by atoms with Crippen molar-refractivity contribution < 1.29 is 39.8 Å². The molecule has 7 atom stereocenters. The van der Waals surface area contributed by atoms with Gasteiger partial charge in [0.05, 0.1) is 25.4 Å². The second-order valence-electron chi connectivity index (χ2n) is 8.17. The van der Waals surface area contributed by atoms with Crippen molar-refractivity contribution in [2.75, 3.05) is 13.2 Å². The summed E-state index contributed by atoms with van der Waals surface area (Å²) in [5.41, 5.74) is 0. The van der Waals surface area contributed by atoms with Gasteiger partial charge in [0.25, 0.3) is 0 Å². The molecule has 0 saturated carbocycles. The third kappa shape index (κ3) is 10.4. The quantitative estimate of drug-likeness (QED) is 0.156. The van der Waals surface area contributed by atoms with Crippen LogP contribution in [0.3, 0.4) is 0 Å². The van der Waals surface area contributed by atoms with Crippen LogP contribution in [0, 0.1) is 0 Å². The molecule has 9 nitrogen and oxygen atoms in total. The lowest BCUT2D eigenvalue weighted by molar-refractivity contribution is -0.302. The van der Waals surface area contributed by atoms with Crippen molar-refractivity contribution in [3.05, 3.63) is 12.2 Å². The number of hydrogen-bond donors (Lipinski definition) is 6. The first kappa shape index (κ1) is 28.0. The van der Waals surface area contributed by atoms with E-state index in [9.17, 15) is 30.3 Å². The highest BCUT2D eigenvalue weighted by atomic mass is 16.7. The first-order chi connectivity index (χ1) is 14.8. The van der Waals surface area contributed by atoms with E-state index in [2.05, 4.69) is 12.2 Å². The Bertz CT molecular complexity index is 516. The number of aliphatic hydroxyl groups is 5. The van der Waals surface area contributed by atoms with Crippen LogP contribution in [0.4, 0.5) is 0 Å². The van der Waals surface area contributed by atoms with Gasteiger partial charge in [-0.05, 0) is 12.8 Å². The first-order valence-electron chi connectivity index (χ1n) is 11.4. The maximum atomic E-state index is 11.5. The zero-order valence-corrected chi connectivity index (χ0v) is 18.7. The highest BCUT2D eigenvalue weighted by Gasteiger charge is 2.44. The zero-order valence-electron chi connectivity index (χ0n) is 18.7. The molecule has 1 saturated heterocycles. The monoisotopic (exact) mass is 447 g/mol. The maximum absolute atomic E-state index is 11.5. The molecule has 1 rings (SSSR count). The number of hydrogen-bond acceptors (Lipinski definition) is 8. The minimum absolute atomic E-state index is 0.203. The van der Waals surface area contributed by atoms with Crippen LogP contribution in [0.2, 0.25) is 0 Å². The number of amides is 1. The number of aliphatic hydroxyl groups excluding tert-OH is 5. The van der Waals surface area contributed by atoms with Crippen LogP contribution in [-0.2, 0) is 14.3 Å². The molecule has 0 bridgehead atoms. The van der Waals surface area contributed by atoms with Crippen molar-refractivity contribution >= 4 is 5.91 Å². The number of allylic oxidation sites excluding steroid dienone is 1. The van der Waals surface area contributed by atoms with Gasteiger partial charge < -0.3 is 40.3 Å². The minimum atomic E-state index is -1.55. The van der Waals surface area contributed by atoms with Crippen LogP contribution in [0.15, 0.2) is 12.2 Å². The summed E-state index contributed by atoms with van der Waals surface area (Å²) in [5.74, 6) is -0.359. The van der Waals surface area contributed by atoms with Crippen LogP contribution < -0.4 is 5.32 Å². The van der Waals surface area contributed by atoms with Gasteiger partial charge in [-0.15, -0.1) is 0 Å². The number of ether oxygens (including phenoxy) is 2. The summed E-state index contributed by atoms with van der Waals surface area (Å²) in [5, 5.41) is 52.0. The van der Waals surface area contributed by atoms with Gasteiger partial charge in [-0.1, -0.05) is 57.6 Å². The van der Waals surface area contributed by atoms with E-state index in [4.69, 9.17) is 9.47 Å². The molecule has 0 radical (unpaired) electrons. The Balaban J connectivity index is 2.47. The van der Waals surface area contributed by atoms with Crippen molar-refractivity contribution in [1.82, 2.24) is 5.32 Å². The molecule has 31 heavy (non-hydrogen) atoms. The molecule has 1 aliphatic heterocycles. The van der Waals surface area contributed by atoms with Gasteiger partial charge in [-0.3, -0.25) is 4.79 Å². The molecule has 0 aliphatic carbocycles. The number of nitrogens with one attached hydrogen (secondary N) is 1. The molecular formula is C22H41NO8. The molecule has 182 valence electrons. The molecule has 6 N–H and O–H groups in total. The van der Waals surface area contributed by atoms with Crippen molar-refractivity contribution in [2.45, 2.75) is 108 Å². The third-order valence-corrected chi connectivity index (χ3v) is 5.40. The maximum Gasteiger partial charge on any atom is 0.217 e. The number of rotatable bonds is 15. The molecule has 0 spiro atoms. The lowest BCUT2D eigenvalue weighted by atomic mass is 9.99. The third-order valence-electron chi connectivity index (χ3n) is 5.40. The van der Waals surface area contributed by atoms with Crippen molar-refractivity contribution in [1.29, 1.82) is 0 Å². The fraction of sp³-hybridized carbons (Fsp3) is 0.864. The second-order valence-corrected chi connectivity index (χ2v) is 8.17. The summed E-state index contributed by atoms with van der Waals surface area (Å²) in [6.07, 6.45) is 4.71. The molecule has 7 unspecified atom stereocenters. The van der Waals surface area contributed by atoms with E-state index in [1.807, 2.05) is 6.08 Å². The van der Waals surface area contributed by atoms with E-state index < -0.39 is 49.5 Å². The Labute approximate surface area is 185 Å². The highest BCUT2D eigenvalue weighted by molar-refractivity contribution is 5.73. The van der Waals surface area contributed by atoms with E-state index in [1.54, 1.807) is 6.08 Å². The van der Waals surface area contributed by atoms with Gasteiger partial charge in [0, 0.05) is 6.92 Å². The predicted octanol–water partition coefficient (Wildman–Crippen LogP) is 0.365. The Hall–Kier alpha value is -1.07. The van der Waals surface area contributed by atoms with Crippen LogP contribution in [-0.4, -0.2) is 87.5 Å². The van der Waals surface area contributed by atoms with Crippen LogP contribution in [0.1, 0.15) is 65.2 Å². The molecule has 9 heteroatoms. The Morgan fingerprint density at radius 3 is 2.32 bits per heavy atom. The summed E-state index contributed by atoms with van der Waals surface area (Å²) in [7, 11) is 0. The molecule has 1 fully saturated rings. The van der Waals surface area contributed by atoms with Gasteiger partial charge in [-0.2, -0.15) is 0 Å². The largest absolute Gasteiger partial charge is 0.394 e. The average Bonchev–Trinajstić information content (AvgIpc) is 2.74. The Morgan fingerprint density at radius 2 is 1.71 bits per heavy atom. The fourth-order valence-corrected chi connectivity index (χ4v) is 3.48. The zero-order chi connectivity index (χ0) is 23.2. The topological polar surface area (TPSA) is 149 Å². The summed E-state index contributed by atoms with van der Waals surface area (Å²) >= 11 is 0.